The van der Waals surface area contributed by atoms with E-state index in [0.717, 1.165) is 37.7 Å². The van der Waals surface area contributed by atoms with E-state index in [1.165, 1.54) is 0 Å². The summed E-state index contributed by atoms with van der Waals surface area (Å²) in [5.41, 5.74) is 5.84. The highest BCUT2D eigenvalue weighted by atomic mass is 32.2. The zero-order valence-electron chi connectivity index (χ0n) is 18.8. The van der Waals surface area contributed by atoms with Crippen molar-refractivity contribution >= 4 is 42.4 Å². The average molecular weight is 494 g/mol. The molecule has 7 rings (SSSR count). The molecule has 0 N–H and O–H groups in total. The third kappa shape index (κ3) is 2.95. The van der Waals surface area contributed by atoms with Crippen LogP contribution < -0.4 is 0 Å². The Labute approximate surface area is 206 Å². The molecule has 0 bridgehead atoms. The number of para-hydroxylation sites is 2. The molecule has 3 heterocycles. The minimum atomic E-state index is -3.67. The molecule has 0 saturated heterocycles. The zero-order valence-corrected chi connectivity index (χ0v) is 20.4. The van der Waals surface area contributed by atoms with Crippen LogP contribution in [-0.2, 0) is 16.3 Å². The standard InChI is InChI=1S/C28H19N3O2S2/c1-2-26-29-21-15-19(16-25-27(21)31(26)22-8-4-6-10-24(22)35(25,32)33)17-11-13-18(14-12-17)28-30-20-7-3-5-9-23(20)34-28/h3-16H,2H2,1H3. The van der Waals surface area contributed by atoms with Gasteiger partial charge in [0.2, 0.25) is 9.84 Å². The highest BCUT2D eigenvalue weighted by molar-refractivity contribution is 7.92. The Morgan fingerprint density at radius 3 is 2.31 bits per heavy atom. The van der Waals surface area contributed by atoms with Crippen LogP contribution in [0, 0.1) is 0 Å². The van der Waals surface area contributed by atoms with Gasteiger partial charge in [0.05, 0.1) is 36.7 Å². The molecule has 0 aliphatic carbocycles. The molecule has 0 fully saturated rings. The van der Waals surface area contributed by atoms with Crippen LogP contribution in [0.25, 0.3) is 48.6 Å². The average Bonchev–Trinajstić information content (AvgIpc) is 3.49. The molecule has 7 heteroatoms. The van der Waals surface area contributed by atoms with E-state index in [1.807, 2.05) is 72.2 Å². The van der Waals surface area contributed by atoms with Gasteiger partial charge in [-0.15, -0.1) is 11.3 Å². The van der Waals surface area contributed by atoms with Gasteiger partial charge in [0.1, 0.15) is 10.8 Å². The Morgan fingerprint density at radius 1 is 0.771 bits per heavy atom. The van der Waals surface area contributed by atoms with E-state index in [4.69, 9.17) is 9.97 Å². The second kappa shape index (κ2) is 7.34. The van der Waals surface area contributed by atoms with E-state index < -0.39 is 9.84 Å². The molecule has 5 nitrogen and oxygen atoms in total. The van der Waals surface area contributed by atoms with Crippen molar-refractivity contribution in [2.24, 2.45) is 0 Å². The van der Waals surface area contributed by atoms with Gasteiger partial charge in [-0.1, -0.05) is 55.5 Å². The van der Waals surface area contributed by atoms with Gasteiger partial charge in [-0.25, -0.2) is 18.4 Å². The van der Waals surface area contributed by atoms with Crippen molar-refractivity contribution in [1.82, 2.24) is 14.5 Å². The van der Waals surface area contributed by atoms with E-state index in [1.54, 1.807) is 29.5 Å². The lowest BCUT2D eigenvalue weighted by Crippen LogP contribution is -2.15. The minimum absolute atomic E-state index is 0.311. The number of fused-ring (bicyclic) bond motifs is 3. The van der Waals surface area contributed by atoms with Crippen molar-refractivity contribution in [2.45, 2.75) is 23.1 Å². The number of rotatable bonds is 3. The molecule has 0 radical (unpaired) electrons. The number of benzene rings is 4. The maximum absolute atomic E-state index is 13.6. The number of sulfone groups is 1. The van der Waals surface area contributed by atoms with Crippen LogP contribution in [0.4, 0.5) is 0 Å². The summed E-state index contributed by atoms with van der Waals surface area (Å²) in [6.07, 6.45) is 0.703. The fraction of sp³-hybridized carbons (Fsp3) is 0.0714. The third-order valence-electron chi connectivity index (χ3n) is 6.55. The lowest BCUT2D eigenvalue weighted by Gasteiger charge is -2.21. The van der Waals surface area contributed by atoms with Gasteiger partial charge in [-0.05, 0) is 47.5 Å². The minimum Gasteiger partial charge on any atom is -0.294 e. The fourth-order valence-electron chi connectivity index (χ4n) is 4.88. The third-order valence-corrected chi connectivity index (χ3v) is 9.45. The summed E-state index contributed by atoms with van der Waals surface area (Å²) in [5.74, 6) is 0.854. The summed E-state index contributed by atoms with van der Waals surface area (Å²) < 4.78 is 30.4. The van der Waals surface area contributed by atoms with Gasteiger partial charge in [0, 0.05) is 12.0 Å². The van der Waals surface area contributed by atoms with Gasteiger partial charge in [0.15, 0.2) is 0 Å². The van der Waals surface area contributed by atoms with Crippen molar-refractivity contribution in [1.29, 1.82) is 0 Å². The van der Waals surface area contributed by atoms with Crippen LogP contribution >= 0.6 is 11.3 Å². The van der Waals surface area contributed by atoms with Gasteiger partial charge in [-0.2, -0.15) is 0 Å². The van der Waals surface area contributed by atoms with Crippen LogP contribution in [0.15, 0.2) is 94.7 Å². The molecule has 6 aromatic rings. The van der Waals surface area contributed by atoms with Gasteiger partial charge < -0.3 is 0 Å². The summed E-state index contributed by atoms with van der Waals surface area (Å²) in [4.78, 5) is 10.2. The maximum atomic E-state index is 13.6. The molecule has 0 saturated carbocycles. The predicted molar refractivity (Wildman–Crippen MR) is 140 cm³/mol. The molecule has 0 atom stereocenters. The van der Waals surface area contributed by atoms with Crippen molar-refractivity contribution in [3.05, 3.63) is 90.8 Å². The molecule has 35 heavy (non-hydrogen) atoms. The van der Waals surface area contributed by atoms with E-state index in [0.29, 0.717) is 32.9 Å². The van der Waals surface area contributed by atoms with E-state index >= 15 is 0 Å². The van der Waals surface area contributed by atoms with Crippen LogP contribution in [0.3, 0.4) is 0 Å². The lowest BCUT2D eigenvalue weighted by molar-refractivity contribution is 0.594. The molecule has 4 aromatic carbocycles. The molecule has 1 aliphatic heterocycles. The Hall–Kier alpha value is -3.81. The quantitative estimate of drug-likeness (QED) is 0.275. The van der Waals surface area contributed by atoms with Crippen molar-refractivity contribution in [3.63, 3.8) is 0 Å². The summed E-state index contributed by atoms with van der Waals surface area (Å²) in [7, 11) is -3.67. The van der Waals surface area contributed by atoms with E-state index in [-0.39, 0.29) is 0 Å². The normalized spacial score (nSPS) is 13.9. The number of thiazole rings is 1. The van der Waals surface area contributed by atoms with E-state index in [9.17, 15) is 8.42 Å². The van der Waals surface area contributed by atoms with Crippen molar-refractivity contribution in [3.8, 4) is 27.4 Å². The van der Waals surface area contributed by atoms with Crippen molar-refractivity contribution in [2.75, 3.05) is 0 Å². The highest BCUT2D eigenvalue weighted by Crippen LogP contribution is 2.41. The summed E-state index contributed by atoms with van der Waals surface area (Å²) in [6.45, 7) is 2.04. The SMILES string of the molecule is CCc1nc2cc(-c3ccc(-c4nc5ccccc5s4)cc3)cc3c2n1-c1ccccc1S3(=O)=O. The molecule has 1 aliphatic rings. The van der Waals surface area contributed by atoms with E-state index in [2.05, 4.69) is 6.07 Å². The molecule has 0 unspecified atom stereocenters. The van der Waals surface area contributed by atoms with Crippen LogP contribution in [0.1, 0.15) is 12.7 Å². The number of hydrogen-bond donors (Lipinski definition) is 0. The molecule has 0 amide bonds. The first-order valence-electron chi connectivity index (χ1n) is 11.4. The first-order chi connectivity index (χ1) is 17.0. The summed E-state index contributed by atoms with van der Waals surface area (Å²) in [6, 6.07) is 27.2. The number of hydrogen-bond acceptors (Lipinski definition) is 5. The Kier molecular flexibility index (Phi) is 4.31. The lowest BCUT2D eigenvalue weighted by atomic mass is 10.0. The van der Waals surface area contributed by atoms with Gasteiger partial charge in [0.25, 0.3) is 0 Å². The molecule has 170 valence electrons. The van der Waals surface area contributed by atoms with Crippen molar-refractivity contribution < 1.29 is 8.42 Å². The molecule has 2 aromatic heterocycles. The highest BCUT2D eigenvalue weighted by Gasteiger charge is 2.33. The van der Waals surface area contributed by atoms with Gasteiger partial charge in [-0.3, -0.25) is 4.57 Å². The number of aromatic nitrogens is 3. The largest absolute Gasteiger partial charge is 0.294 e. The topological polar surface area (TPSA) is 64.8 Å². The first-order valence-corrected chi connectivity index (χ1v) is 13.7. The summed E-state index contributed by atoms with van der Waals surface area (Å²) >= 11 is 1.66. The molecule has 0 spiro atoms. The first kappa shape index (κ1) is 20.6. The van der Waals surface area contributed by atoms with Gasteiger partial charge >= 0.3 is 0 Å². The second-order valence-electron chi connectivity index (χ2n) is 8.59. The molecular weight excluding hydrogens is 474 g/mol. The molecular formula is C28H19N3O2S2. The number of imidazole rings is 1. The zero-order chi connectivity index (χ0) is 23.7. The monoisotopic (exact) mass is 493 g/mol. The second-order valence-corrected chi connectivity index (χ2v) is 11.5. The van der Waals surface area contributed by atoms with Crippen LogP contribution in [0.5, 0.6) is 0 Å². The smallest absolute Gasteiger partial charge is 0.210 e. The maximum Gasteiger partial charge on any atom is 0.210 e. The number of aryl methyl sites for hydroxylation is 1. The number of nitrogens with zero attached hydrogens (tertiary/aromatic N) is 3. The Balaban J connectivity index is 1.39. The summed E-state index contributed by atoms with van der Waals surface area (Å²) in [5, 5.41) is 0.966. The predicted octanol–water partition coefficient (Wildman–Crippen LogP) is 6.68. The fourth-order valence-corrected chi connectivity index (χ4v) is 7.51. The Morgan fingerprint density at radius 2 is 1.51 bits per heavy atom. The van der Waals surface area contributed by atoms with Crippen LogP contribution in [-0.4, -0.2) is 23.0 Å². The Bertz CT molecular complexity index is 1870. The van der Waals surface area contributed by atoms with Crippen LogP contribution in [0.2, 0.25) is 0 Å².